The number of nitrogens with zero attached hydrogens (tertiary/aromatic N) is 4. The molecule has 1 fully saturated rings. The Morgan fingerprint density at radius 3 is 2.56 bits per heavy atom. The molecule has 1 aliphatic heterocycles. The zero-order valence-electron chi connectivity index (χ0n) is 10.8. The van der Waals surface area contributed by atoms with Crippen molar-refractivity contribution < 1.29 is 0 Å². The fourth-order valence-electron chi connectivity index (χ4n) is 1.99. The second kappa shape index (κ2) is 6.15. The van der Waals surface area contributed by atoms with Crippen LogP contribution >= 0.6 is 11.6 Å². The molecule has 0 unspecified atom stereocenters. The van der Waals surface area contributed by atoms with E-state index >= 15 is 0 Å². The van der Waals surface area contributed by atoms with Gasteiger partial charge in [0.2, 0.25) is 17.2 Å². The Labute approximate surface area is 112 Å². The SMILES string of the molecule is CCNc1nc(Cl)nc(NC2CCN(C)CC2)n1. The second-order valence-corrected chi connectivity index (χ2v) is 4.84. The van der Waals surface area contributed by atoms with Crippen LogP contribution in [-0.4, -0.2) is 52.6 Å². The molecule has 7 heteroatoms. The van der Waals surface area contributed by atoms with Crippen molar-refractivity contribution >= 4 is 23.5 Å². The Bertz CT molecular complexity index is 391. The molecule has 1 saturated heterocycles. The van der Waals surface area contributed by atoms with Gasteiger partial charge in [0.25, 0.3) is 0 Å². The summed E-state index contributed by atoms with van der Waals surface area (Å²) in [6.45, 7) is 4.93. The van der Waals surface area contributed by atoms with E-state index in [-0.39, 0.29) is 5.28 Å². The van der Waals surface area contributed by atoms with E-state index in [2.05, 4.69) is 37.5 Å². The highest BCUT2D eigenvalue weighted by molar-refractivity contribution is 6.28. The third kappa shape index (κ3) is 3.68. The number of hydrogen-bond acceptors (Lipinski definition) is 6. The van der Waals surface area contributed by atoms with E-state index < -0.39 is 0 Å². The van der Waals surface area contributed by atoms with Gasteiger partial charge in [0, 0.05) is 12.6 Å². The van der Waals surface area contributed by atoms with Crippen molar-refractivity contribution in [2.24, 2.45) is 0 Å². The summed E-state index contributed by atoms with van der Waals surface area (Å²) >= 11 is 5.88. The normalized spacial score (nSPS) is 17.7. The first kappa shape index (κ1) is 13.3. The van der Waals surface area contributed by atoms with Gasteiger partial charge in [-0.2, -0.15) is 15.0 Å². The topological polar surface area (TPSA) is 66.0 Å². The van der Waals surface area contributed by atoms with Gasteiger partial charge in [-0.1, -0.05) is 0 Å². The molecule has 2 rings (SSSR count). The number of likely N-dealkylation sites (tertiary alicyclic amines) is 1. The predicted octanol–water partition coefficient (Wildman–Crippen LogP) is 1.46. The van der Waals surface area contributed by atoms with Crippen LogP contribution in [0.3, 0.4) is 0 Å². The number of nitrogens with one attached hydrogen (secondary N) is 2. The number of rotatable bonds is 4. The van der Waals surface area contributed by atoms with Crippen LogP contribution in [0, 0.1) is 0 Å². The predicted molar refractivity (Wildman–Crippen MR) is 73.1 cm³/mol. The average Bonchev–Trinajstić information content (AvgIpc) is 2.32. The highest BCUT2D eigenvalue weighted by atomic mass is 35.5. The van der Waals surface area contributed by atoms with E-state index in [1.54, 1.807) is 0 Å². The van der Waals surface area contributed by atoms with E-state index in [4.69, 9.17) is 11.6 Å². The first-order valence-electron chi connectivity index (χ1n) is 6.28. The minimum absolute atomic E-state index is 0.219. The van der Waals surface area contributed by atoms with Crippen molar-refractivity contribution in [2.75, 3.05) is 37.3 Å². The molecular formula is C11H19ClN6. The quantitative estimate of drug-likeness (QED) is 0.864. The summed E-state index contributed by atoms with van der Waals surface area (Å²) in [6.07, 6.45) is 2.19. The third-order valence-electron chi connectivity index (χ3n) is 2.99. The molecule has 0 bridgehead atoms. The van der Waals surface area contributed by atoms with Gasteiger partial charge in [0.1, 0.15) is 0 Å². The molecule has 0 aromatic carbocycles. The van der Waals surface area contributed by atoms with Gasteiger partial charge in [-0.05, 0) is 51.5 Å². The molecule has 0 saturated carbocycles. The summed E-state index contributed by atoms with van der Waals surface area (Å²) in [6, 6.07) is 0.411. The smallest absolute Gasteiger partial charge is 0.229 e. The Morgan fingerprint density at radius 2 is 1.89 bits per heavy atom. The standard InChI is InChI=1S/C11H19ClN6/c1-3-13-10-15-9(12)16-11(17-10)14-8-4-6-18(2)7-5-8/h8H,3-7H2,1-2H3,(H2,13,14,15,16,17). The van der Waals surface area contributed by atoms with Gasteiger partial charge in [-0.3, -0.25) is 0 Å². The molecule has 0 atom stereocenters. The molecule has 2 N–H and O–H groups in total. The fourth-order valence-corrected chi connectivity index (χ4v) is 2.15. The van der Waals surface area contributed by atoms with Crippen molar-refractivity contribution in [1.29, 1.82) is 0 Å². The lowest BCUT2D eigenvalue weighted by Crippen LogP contribution is -2.37. The van der Waals surface area contributed by atoms with E-state index in [9.17, 15) is 0 Å². The van der Waals surface area contributed by atoms with E-state index in [1.165, 1.54) is 0 Å². The molecule has 0 radical (unpaired) electrons. The zero-order valence-corrected chi connectivity index (χ0v) is 11.5. The Balaban J connectivity index is 2.00. The number of aromatic nitrogens is 3. The first-order valence-corrected chi connectivity index (χ1v) is 6.65. The van der Waals surface area contributed by atoms with Crippen molar-refractivity contribution in [3.63, 3.8) is 0 Å². The number of piperidine rings is 1. The maximum Gasteiger partial charge on any atom is 0.229 e. The molecule has 1 aliphatic rings. The molecular weight excluding hydrogens is 252 g/mol. The maximum atomic E-state index is 5.88. The maximum absolute atomic E-state index is 5.88. The molecule has 6 nitrogen and oxygen atoms in total. The summed E-state index contributed by atoms with van der Waals surface area (Å²) in [7, 11) is 2.14. The van der Waals surface area contributed by atoms with Crippen LogP contribution in [0.1, 0.15) is 19.8 Å². The highest BCUT2D eigenvalue weighted by Gasteiger charge is 2.17. The van der Waals surface area contributed by atoms with Gasteiger partial charge in [-0.25, -0.2) is 0 Å². The van der Waals surface area contributed by atoms with Crippen LogP contribution in [0.2, 0.25) is 5.28 Å². The molecule has 100 valence electrons. The molecule has 1 aromatic heterocycles. The largest absolute Gasteiger partial charge is 0.354 e. The molecule has 0 amide bonds. The summed E-state index contributed by atoms with van der Waals surface area (Å²) in [5.74, 6) is 1.08. The Hall–Kier alpha value is -1.14. The molecule has 0 aliphatic carbocycles. The average molecular weight is 271 g/mol. The lowest BCUT2D eigenvalue weighted by Gasteiger charge is -2.29. The van der Waals surface area contributed by atoms with E-state index in [1.807, 2.05) is 6.92 Å². The van der Waals surface area contributed by atoms with Crippen LogP contribution in [0.5, 0.6) is 0 Å². The van der Waals surface area contributed by atoms with Crippen LogP contribution in [0.15, 0.2) is 0 Å². The lowest BCUT2D eigenvalue weighted by atomic mass is 10.1. The molecule has 18 heavy (non-hydrogen) atoms. The number of halogens is 1. The zero-order chi connectivity index (χ0) is 13.0. The van der Waals surface area contributed by atoms with Gasteiger partial charge in [0.15, 0.2) is 0 Å². The molecule has 2 heterocycles. The minimum atomic E-state index is 0.219. The van der Waals surface area contributed by atoms with Gasteiger partial charge in [-0.15, -0.1) is 0 Å². The number of anilines is 2. The van der Waals surface area contributed by atoms with Crippen LogP contribution in [-0.2, 0) is 0 Å². The summed E-state index contributed by atoms with van der Waals surface area (Å²) in [5.41, 5.74) is 0. The van der Waals surface area contributed by atoms with Crippen molar-refractivity contribution in [3.05, 3.63) is 5.28 Å². The fraction of sp³-hybridized carbons (Fsp3) is 0.727. The van der Waals surface area contributed by atoms with E-state index in [0.717, 1.165) is 32.5 Å². The van der Waals surface area contributed by atoms with Crippen LogP contribution < -0.4 is 10.6 Å². The van der Waals surface area contributed by atoms with Crippen molar-refractivity contribution in [3.8, 4) is 0 Å². The van der Waals surface area contributed by atoms with Gasteiger partial charge >= 0.3 is 0 Å². The third-order valence-corrected chi connectivity index (χ3v) is 3.16. The van der Waals surface area contributed by atoms with Crippen LogP contribution in [0.25, 0.3) is 0 Å². The van der Waals surface area contributed by atoms with E-state index in [0.29, 0.717) is 17.9 Å². The summed E-state index contributed by atoms with van der Waals surface area (Å²) < 4.78 is 0. The summed E-state index contributed by atoms with van der Waals surface area (Å²) in [4.78, 5) is 14.7. The Morgan fingerprint density at radius 1 is 1.22 bits per heavy atom. The van der Waals surface area contributed by atoms with Gasteiger partial charge < -0.3 is 15.5 Å². The first-order chi connectivity index (χ1) is 8.67. The monoisotopic (exact) mass is 270 g/mol. The van der Waals surface area contributed by atoms with Crippen molar-refractivity contribution in [2.45, 2.75) is 25.8 Å². The summed E-state index contributed by atoms with van der Waals surface area (Å²) in [5, 5.41) is 6.58. The molecule has 0 spiro atoms. The van der Waals surface area contributed by atoms with Gasteiger partial charge in [0.05, 0.1) is 0 Å². The lowest BCUT2D eigenvalue weighted by molar-refractivity contribution is 0.263. The Kier molecular flexibility index (Phi) is 4.54. The minimum Gasteiger partial charge on any atom is -0.354 e. The van der Waals surface area contributed by atoms with Crippen LogP contribution in [0.4, 0.5) is 11.9 Å². The van der Waals surface area contributed by atoms with Crippen molar-refractivity contribution in [1.82, 2.24) is 19.9 Å². The number of hydrogen-bond donors (Lipinski definition) is 2. The highest BCUT2D eigenvalue weighted by Crippen LogP contribution is 2.15. The molecule has 1 aromatic rings. The second-order valence-electron chi connectivity index (χ2n) is 4.50.